The number of nitrogens with one attached hydrogen (secondary N) is 1. The van der Waals surface area contributed by atoms with E-state index in [0.717, 1.165) is 28.9 Å². The molecule has 1 N–H and O–H groups in total. The van der Waals surface area contributed by atoms with Crippen LogP contribution in [0.25, 0.3) is 17.1 Å². The molecule has 1 aromatic carbocycles. The number of hydrogen-bond acceptors (Lipinski definition) is 3. The molecule has 0 bridgehead atoms. The Balaban J connectivity index is 2.07. The number of aromatic amines is 1. The molecule has 5 nitrogen and oxygen atoms in total. The molecular formula is C16H10AsF5N4O. The molecule has 0 saturated heterocycles. The fourth-order valence-electron chi connectivity index (χ4n) is 2.38. The number of hydrogen-bond donors (Lipinski definition) is 1. The summed E-state index contributed by atoms with van der Waals surface area (Å²) < 4.78 is 65.2. The van der Waals surface area contributed by atoms with Gasteiger partial charge in [0.15, 0.2) is 0 Å². The van der Waals surface area contributed by atoms with Crippen molar-refractivity contribution in [1.82, 2.24) is 19.7 Å². The zero-order chi connectivity index (χ0) is 19.8. The summed E-state index contributed by atoms with van der Waals surface area (Å²) in [5, 5.41) is 4.42. The standard InChI is InChI=1S/C16H10AsF5N4O/c17-6-8-5-11(12(13(18)19)23-7-8)14-24-15(27)26(25-14)10-3-1-9(2-4-10)16(20,21)22/h1-5,7,13H,6H2,(H,24,25,27). The SMILES string of the molecule is O=c1[nH]c(-c2cc(C[As])cnc2C(F)F)nn1-c1ccc(C(F)(F)F)cc1. The van der Waals surface area contributed by atoms with Gasteiger partial charge in [0.2, 0.25) is 0 Å². The Hall–Kier alpha value is -2.48. The molecule has 0 atom stereocenters. The van der Waals surface area contributed by atoms with Crippen molar-refractivity contribution in [3.8, 4) is 17.1 Å². The fourth-order valence-corrected chi connectivity index (χ4v) is 2.74. The third-order valence-corrected chi connectivity index (χ3v) is 4.44. The van der Waals surface area contributed by atoms with Crippen LogP contribution in [0.15, 0.2) is 41.3 Å². The van der Waals surface area contributed by atoms with E-state index in [1.165, 1.54) is 12.3 Å². The van der Waals surface area contributed by atoms with Crippen LogP contribution >= 0.6 is 0 Å². The minimum atomic E-state index is -4.52. The topological polar surface area (TPSA) is 63.6 Å². The van der Waals surface area contributed by atoms with Gasteiger partial charge in [-0.2, -0.15) is 13.2 Å². The van der Waals surface area contributed by atoms with Crippen LogP contribution in [0.3, 0.4) is 0 Å². The van der Waals surface area contributed by atoms with Crippen molar-refractivity contribution >= 4 is 16.9 Å². The van der Waals surface area contributed by atoms with Crippen molar-refractivity contribution in [3.63, 3.8) is 0 Å². The van der Waals surface area contributed by atoms with E-state index in [2.05, 4.69) is 31.9 Å². The quantitative estimate of drug-likeness (QED) is 0.497. The first kappa shape index (κ1) is 19.3. The second kappa shape index (κ2) is 7.26. The monoisotopic (exact) mass is 444 g/mol. The normalized spacial score (nSPS) is 12.0. The predicted molar refractivity (Wildman–Crippen MR) is 86.8 cm³/mol. The van der Waals surface area contributed by atoms with Gasteiger partial charge in [-0.15, -0.1) is 0 Å². The first-order valence-electron chi connectivity index (χ1n) is 7.46. The van der Waals surface area contributed by atoms with Gasteiger partial charge < -0.3 is 0 Å². The van der Waals surface area contributed by atoms with E-state index in [1.807, 2.05) is 0 Å². The molecule has 2 radical (unpaired) electrons. The number of alkyl halides is 5. The summed E-state index contributed by atoms with van der Waals surface area (Å²) in [5.41, 5.74) is -1.55. The van der Waals surface area contributed by atoms with E-state index in [1.54, 1.807) is 0 Å². The Kier molecular flexibility index (Phi) is 5.19. The first-order valence-corrected chi connectivity index (χ1v) is 8.78. The van der Waals surface area contributed by atoms with E-state index in [4.69, 9.17) is 0 Å². The Morgan fingerprint density at radius 2 is 1.85 bits per heavy atom. The summed E-state index contributed by atoms with van der Waals surface area (Å²) in [7, 11) is 0. The third-order valence-electron chi connectivity index (χ3n) is 3.68. The van der Waals surface area contributed by atoms with E-state index in [-0.39, 0.29) is 17.1 Å². The molecule has 0 aliphatic rings. The Morgan fingerprint density at radius 3 is 2.41 bits per heavy atom. The Labute approximate surface area is 157 Å². The number of pyridine rings is 1. The zero-order valence-electron chi connectivity index (χ0n) is 13.3. The van der Waals surface area contributed by atoms with Gasteiger partial charge >= 0.3 is 144 Å². The summed E-state index contributed by atoms with van der Waals surface area (Å²) in [5.74, 6) is -0.148. The molecule has 0 aliphatic heterocycles. The predicted octanol–water partition coefficient (Wildman–Crippen LogP) is 3.25. The molecule has 0 fully saturated rings. The Bertz CT molecular complexity index is 1010. The van der Waals surface area contributed by atoms with Crippen molar-refractivity contribution in [1.29, 1.82) is 0 Å². The van der Waals surface area contributed by atoms with E-state index < -0.39 is 29.5 Å². The first-order chi connectivity index (χ1) is 12.7. The van der Waals surface area contributed by atoms with Crippen molar-refractivity contribution in [3.05, 3.63) is 63.8 Å². The second-order valence-corrected chi connectivity index (χ2v) is 6.13. The van der Waals surface area contributed by atoms with Gasteiger partial charge in [0, 0.05) is 0 Å². The number of rotatable bonds is 4. The molecule has 2 aromatic heterocycles. The van der Waals surface area contributed by atoms with Crippen LogP contribution < -0.4 is 5.69 Å². The molecule has 0 unspecified atom stereocenters. The molecule has 0 saturated carbocycles. The molecule has 27 heavy (non-hydrogen) atoms. The van der Waals surface area contributed by atoms with Gasteiger partial charge in [0.25, 0.3) is 0 Å². The fraction of sp³-hybridized carbons (Fsp3) is 0.188. The van der Waals surface area contributed by atoms with Gasteiger partial charge in [-0.3, -0.25) is 0 Å². The van der Waals surface area contributed by atoms with Crippen molar-refractivity contribution in [2.24, 2.45) is 0 Å². The molecule has 11 heteroatoms. The van der Waals surface area contributed by atoms with Gasteiger partial charge in [0.05, 0.1) is 0 Å². The van der Waals surface area contributed by atoms with E-state index in [9.17, 15) is 26.7 Å². The number of benzene rings is 1. The molecule has 0 amide bonds. The Morgan fingerprint density at radius 1 is 1.19 bits per heavy atom. The van der Waals surface area contributed by atoms with Crippen LogP contribution in [0, 0.1) is 0 Å². The maximum absolute atomic E-state index is 13.2. The third kappa shape index (κ3) is 3.95. The van der Waals surface area contributed by atoms with Crippen molar-refractivity contribution < 1.29 is 22.0 Å². The van der Waals surface area contributed by atoms with Crippen molar-refractivity contribution in [2.45, 2.75) is 17.8 Å². The minimum absolute atomic E-state index is 0.0451. The summed E-state index contributed by atoms with van der Waals surface area (Å²) in [6, 6.07) is 5.18. The number of halogens is 5. The number of H-pyrrole nitrogens is 1. The van der Waals surface area contributed by atoms with Gasteiger partial charge in [-0.1, -0.05) is 0 Å². The van der Waals surface area contributed by atoms with Gasteiger partial charge in [-0.05, 0) is 0 Å². The van der Waals surface area contributed by atoms with Crippen LogP contribution in [0.5, 0.6) is 0 Å². The van der Waals surface area contributed by atoms with Crippen LogP contribution in [-0.4, -0.2) is 36.6 Å². The van der Waals surface area contributed by atoms with Crippen molar-refractivity contribution in [2.75, 3.05) is 0 Å². The zero-order valence-corrected chi connectivity index (χ0v) is 15.2. The van der Waals surface area contributed by atoms with Crippen LogP contribution in [0.4, 0.5) is 22.0 Å². The average molecular weight is 444 g/mol. The van der Waals surface area contributed by atoms with Gasteiger partial charge in [-0.25, -0.2) is 0 Å². The van der Waals surface area contributed by atoms with Crippen LogP contribution in [-0.2, 0) is 11.4 Å². The van der Waals surface area contributed by atoms with Gasteiger partial charge in [0.1, 0.15) is 0 Å². The van der Waals surface area contributed by atoms with Crippen LogP contribution in [0.2, 0.25) is 0 Å². The summed E-state index contributed by atoms with van der Waals surface area (Å²) >= 11 is 2.27. The molecule has 3 aromatic rings. The molecule has 140 valence electrons. The molecule has 2 heterocycles. The molecule has 0 aliphatic carbocycles. The molecule has 3 rings (SSSR count). The summed E-state index contributed by atoms with van der Waals surface area (Å²) in [4.78, 5) is 18.2. The molecular weight excluding hydrogens is 434 g/mol. The van der Waals surface area contributed by atoms with Crippen LogP contribution in [0.1, 0.15) is 23.2 Å². The summed E-state index contributed by atoms with van der Waals surface area (Å²) in [6.07, 6.45) is -6.11. The number of aromatic nitrogens is 4. The maximum atomic E-state index is 13.2. The molecule has 0 spiro atoms. The second-order valence-electron chi connectivity index (χ2n) is 5.47. The number of nitrogens with zero attached hydrogens (tertiary/aromatic N) is 3. The van der Waals surface area contributed by atoms with E-state index in [0.29, 0.717) is 10.8 Å². The van der Waals surface area contributed by atoms with E-state index >= 15 is 0 Å². The average Bonchev–Trinajstić information content (AvgIpc) is 3.02. The summed E-state index contributed by atoms with van der Waals surface area (Å²) in [6.45, 7) is 0.